The van der Waals surface area contributed by atoms with Gasteiger partial charge in [0.15, 0.2) is 0 Å². The smallest absolute Gasteiger partial charge is 0.302 e. The fraction of sp³-hybridized carbons (Fsp3) is 0.286. The number of carbonyl (C=O) groups is 1. The van der Waals surface area contributed by atoms with E-state index in [1.54, 1.807) is 0 Å². The van der Waals surface area contributed by atoms with Crippen LogP contribution in [0.3, 0.4) is 0 Å². The third-order valence-corrected chi connectivity index (χ3v) is 4.24. The number of nitrogens with two attached hydrogens (primary N) is 1. The normalized spacial score (nSPS) is 11.2. The summed E-state index contributed by atoms with van der Waals surface area (Å²) in [5.74, 6) is 0.667. The molecule has 142 valence electrons. The summed E-state index contributed by atoms with van der Waals surface area (Å²) < 4.78 is 10.7. The van der Waals surface area contributed by atoms with Crippen molar-refractivity contribution in [3.63, 3.8) is 0 Å². The van der Waals surface area contributed by atoms with Gasteiger partial charge in [0.05, 0.1) is 6.61 Å². The summed E-state index contributed by atoms with van der Waals surface area (Å²) in [6.45, 7) is 7.67. The van der Waals surface area contributed by atoms with Crippen molar-refractivity contribution in [1.29, 1.82) is 0 Å². The van der Waals surface area contributed by atoms with Crippen molar-refractivity contribution in [2.24, 2.45) is 10.7 Å². The number of nitrogens with zero attached hydrogens (tertiary/aromatic N) is 1. The highest BCUT2D eigenvalue weighted by Crippen LogP contribution is 2.24. The molecule has 0 aromatic heterocycles. The van der Waals surface area contributed by atoms with Crippen LogP contribution in [0.15, 0.2) is 41.4 Å². The molecule has 0 aliphatic carbocycles. The van der Waals surface area contributed by atoms with Crippen LogP contribution in [0.5, 0.6) is 5.75 Å². The molecule has 27 heavy (non-hydrogen) atoms. The predicted octanol–water partition coefficient (Wildman–Crippen LogP) is 3.79. The highest BCUT2D eigenvalue weighted by molar-refractivity contribution is 7.80. The maximum Gasteiger partial charge on any atom is 0.302 e. The van der Waals surface area contributed by atoms with Crippen LogP contribution in [-0.4, -0.2) is 23.6 Å². The molecule has 0 spiro atoms. The number of amidine groups is 1. The number of esters is 1. The second-order valence-electron chi connectivity index (χ2n) is 6.37. The van der Waals surface area contributed by atoms with Gasteiger partial charge in [0, 0.05) is 18.9 Å². The summed E-state index contributed by atoms with van der Waals surface area (Å²) in [6, 6.07) is 11.6. The van der Waals surface area contributed by atoms with E-state index in [0.29, 0.717) is 24.6 Å². The number of aliphatic imine (C=N–C) groups is 1. The zero-order chi connectivity index (χ0) is 20.0. The molecule has 5 nitrogen and oxygen atoms in total. The third-order valence-electron chi connectivity index (χ3n) is 4.07. The monoisotopic (exact) mass is 384 g/mol. The highest BCUT2D eigenvalue weighted by Gasteiger charge is 2.09. The van der Waals surface area contributed by atoms with E-state index in [-0.39, 0.29) is 11.1 Å². The number of benzene rings is 2. The van der Waals surface area contributed by atoms with Crippen LogP contribution in [0.1, 0.15) is 34.7 Å². The molecule has 2 N–H and O–H groups in total. The molecule has 0 heterocycles. The predicted molar refractivity (Wildman–Crippen MR) is 111 cm³/mol. The Bertz CT molecular complexity index is 874. The first-order valence-corrected chi connectivity index (χ1v) is 9.03. The molecule has 0 aliphatic rings. The van der Waals surface area contributed by atoms with Gasteiger partial charge in [-0.3, -0.25) is 4.79 Å². The molecule has 2 aromatic carbocycles. The number of hydrogen-bond donors (Lipinski definition) is 1. The number of thiocarbonyl (C=S) groups is 1. The van der Waals surface area contributed by atoms with Crippen LogP contribution in [0.25, 0.3) is 0 Å². The van der Waals surface area contributed by atoms with Gasteiger partial charge >= 0.3 is 5.97 Å². The van der Waals surface area contributed by atoms with Gasteiger partial charge in [-0.15, -0.1) is 0 Å². The van der Waals surface area contributed by atoms with E-state index in [4.69, 9.17) is 27.4 Å². The molecule has 0 bridgehead atoms. The van der Waals surface area contributed by atoms with E-state index in [1.807, 2.05) is 57.2 Å². The molecule has 0 amide bonds. The lowest BCUT2D eigenvalue weighted by molar-refractivity contribution is -0.140. The van der Waals surface area contributed by atoms with E-state index >= 15 is 0 Å². The molecule has 2 aromatic rings. The van der Waals surface area contributed by atoms with E-state index in [1.165, 1.54) is 6.92 Å². The molecule has 0 unspecified atom stereocenters. The number of aryl methyl sites for hydroxylation is 3. The first-order chi connectivity index (χ1) is 12.8. The molecular weight excluding hydrogens is 360 g/mol. The first kappa shape index (κ1) is 20.6. The number of rotatable bonds is 5. The fourth-order valence-electron chi connectivity index (χ4n) is 2.54. The Balaban J connectivity index is 2.08. The van der Waals surface area contributed by atoms with Gasteiger partial charge in [0.1, 0.15) is 11.6 Å². The average Bonchev–Trinajstić information content (AvgIpc) is 2.59. The summed E-state index contributed by atoms with van der Waals surface area (Å²) in [6.07, 6.45) is 0.648. The first-order valence-electron chi connectivity index (χ1n) is 8.62. The standard InChI is InChI=1S/C21H24N2O3S/c1-13-5-7-17(8-6-13)20(22)23-21(27)26-19-12-14(2)18(11-15(19)3)9-10-25-16(4)24/h5-8,11-12H,9-10H2,1-4H3,(H2,22,23,27). The molecule has 0 fully saturated rings. The summed E-state index contributed by atoms with van der Waals surface area (Å²) in [5.41, 5.74) is 11.0. The summed E-state index contributed by atoms with van der Waals surface area (Å²) in [4.78, 5) is 15.1. The van der Waals surface area contributed by atoms with Gasteiger partial charge in [-0.25, -0.2) is 0 Å². The average molecular weight is 385 g/mol. The zero-order valence-electron chi connectivity index (χ0n) is 16.0. The van der Waals surface area contributed by atoms with Gasteiger partial charge in [-0.05, 0) is 55.7 Å². The van der Waals surface area contributed by atoms with Gasteiger partial charge in [-0.2, -0.15) is 4.99 Å². The largest absolute Gasteiger partial charge is 0.466 e. The van der Waals surface area contributed by atoms with E-state index < -0.39 is 0 Å². The van der Waals surface area contributed by atoms with Gasteiger partial charge in [-0.1, -0.05) is 35.9 Å². The molecule has 0 radical (unpaired) electrons. The topological polar surface area (TPSA) is 73.9 Å². The fourth-order valence-corrected chi connectivity index (χ4v) is 2.73. The lowest BCUT2D eigenvalue weighted by atomic mass is 10.0. The lowest BCUT2D eigenvalue weighted by Gasteiger charge is -2.12. The van der Waals surface area contributed by atoms with Crippen LogP contribution >= 0.6 is 12.2 Å². The molecule has 0 saturated heterocycles. The Morgan fingerprint density at radius 2 is 1.78 bits per heavy atom. The van der Waals surface area contributed by atoms with Crippen molar-refractivity contribution in [2.45, 2.75) is 34.1 Å². The summed E-state index contributed by atoms with van der Waals surface area (Å²) in [7, 11) is 0. The minimum Gasteiger partial charge on any atom is -0.466 e. The van der Waals surface area contributed by atoms with E-state index in [0.717, 1.165) is 27.8 Å². The van der Waals surface area contributed by atoms with Crippen molar-refractivity contribution in [2.75, 3.05) is 6.61 Å². The Morgan fingerprint density at radius 3 is 2.41 bits per heavy atom. The van der Waals surface area contributed by atoms with Crippen LogP contribution in [0.4, 0.5) is 0 Å². The van der Waals surface area contributed by atoms with Crippen molar-refractivity contribution >= 4 is 29.2 Å². The minimum absolute atomic E-state index is 0.0586. The van der Waals surface area contributed by atoms with Gasteiger partial charge in [0.2, 0.25) is 0 Å². The maximum absolute atomic E-state index is 10.9. The quantitative estimate of drug-likeness (QED) is 0.367. The van der Waals surface area contributed by atoms with Crippen molar-refractivity contribution in [1.82, 2.24) is 0 Å². The molecule has 0 atom stereocenters. The van der Waals surface area contributed by atoms with Crippen LogP contribution in [0.2, 0.25) is 0 Å². The molecule has 0 aliphatic heterocycles. The van der Waals surface area contributed by atoms with Crippen LogP contribution in [-0.2, 0) is 16.0 Å². The zero-order valence-corrected chi connectivity index (χ0v) is 16.9. The maximum atomic E-state index is 10.9. The summed E-state index contributed by atoms with van der Waals surface area (Å²) >= 11 is 5.23. The third kappa shape index (κ3) is 6.18. The van der Waals surface area contributed by atoms with Crippen molar-refractivity contribution < 1.29 is 14.3 Å². The number of ether oxygens (including phenoxy) is 2. The number of carbonyl (C=O) groups excluding carboxylic acids is 1. The van der Waals surface area contributed by atoms with E-state index in [9.17, 15) is 4.79 Å². The Kier molecular flexibility index (Phi) is 7.07. The Morgan fingerprint density at radius 1 is 1.11 bits per heavy atom. The summed E-state index contributed by atoms with van der Waals surface area (Å²) in [5, 5.41) is 0.0586. The Hall–Kier alpha value is -2.73. The Labute approximate surface area is 165 Å². The SMILES string of the molecule is CC(=O)OCCc1cc(C)c(OC(=S)N=C(N)c2ccc(C)cc2)cc1C. The highest BCUT2D eigenvalue weighted by atomic mass is 32.1. The molecule has 0 saturated carbocycles. The lowest BCUT2D eigenvalue weighted by Crippen LogP contribution is -2.17. The van der Waals surface area contributed by atoms with Crippen LogP contribution in [0, 0.1) is 20.8 Å². The molecular formula is C21H24N2O3S. The second kappa shape index (κ2) is 9.28. The second-order valence-corrected chi connectivity index (χ2v) is 6.71. The van der Waals surface area contributed by atoms with Gasteiger partial charge < -0.3 is 15.2 Å². The van der Waals surface area contributed by atoms with Crippen LogP contribution < -0.4 is 10.5 Å². The minimum atomic E-state index is -0.279. The van der Waals surface area contributed by atoms with E-state index in [2.05, 4.69) is 4.99 Å². The van der Waals surface area contributed by atoms with Crippen molar-refractivity contribution in [3.05, 3.63) is 64.2 Å². The molecule has 6 heteroatoms. The van der Waals surface area contributed by atoms with Crippen molar-refractivity contribution in [3.8, 4) is 5.75 Å². The van der Waals surface area contributed by atoms with Gasteiger partial charge in [0.25, 0.3) is 5.17 Å². The number of hydrogen-bond acceptors (Lipinski definition) is 4. The molecule has 2 rings (SSSR count).